The van der Waals surface area contributed by atoms with Crippen LogP contribution in [0.1, 0.15) is 38.2 Å². The lowest BCUT2D eigenvalue weighted by atomic mass is 9.68. The lowest BCUT2D eigenvalue weighted by Crippen LogP contribution is -2.38. The Kier molecular flexibility index (Phi) is 3.55. The molecular formula is C19H17ClFNO3. The molecule has 3 aliphatic rings. The largest absolute Gasteiger partial charge is 0.456 e. The van der Waals surface area contributed by atoms with Gasteiger partial charge in [-0.05, 0) is 24.0 Å². The van der Waals surface area contributed by atoms with Crippen molar-refractivity contribution in [2.24, 2.45) is 5.41 Å². The highest BCUT2D eigenvalue weighted by atomic mass is 35.5. The van der Waals surface area contributed by atoms with Crippen LogP contribution in [0.2, 0.25) is 5.02 Å². The summed E-state index contributed by atoms with van der Waals surface area (Å²) in [7, 11) is 0. The van der Waals surface area contributed by atoms with Crippen molar-refractivity contribution in [2.75, 3.05) is 6.61 Å². The summed E-state index contributed by atoms with van der Waals surface area (Å²) in [5, 5.41) is 3.40. The molecule has 0 saturated heterocycles. The van der Waals surface area contributed by atoms with Gasteiger partial charge in [0.15, 0.2) is 5.78 Å². The van der Waals surface area contributed by atoms with E-state index in [-0.39, 0.29) is 28.4 Å². The van der Waals surface area contributed by atoms with E-state index in [4.69, 9.17) is 16.3 Å². The van der Waals surface area contributed by atoms with Crippen LogP contribution in [0.25, 0.3) is 0 Å². The number of nitrogens with one attached hydrogen (secondary N) is 1. The molecule has 4 rings (SSSR count). The Morgan fingerprint density at radius 3 is 2.68 bits per heavy atom. The Bertz CT molecular complexity index is 864. The summed E-state index contributed by atoms with van der Waals surface area (Å²) >= 11 is 6.27. The fraction of sp³-hybridized carbons (Fsp3) is 0.368. The average Bonchev–Trinajstić information content (AvgIpc) is 2.86. The molecule has 1 aliphatic carbocycles. The first-order valence-corrected chi connectivity index (χ1v) is 8.53. The number of dihydropyridines is 1. The van der Waals surface area contributed by atoms with Gasteiger partial charge in [-0.25, -0.2) is 9.18 Å². The number of benzene rings is 1. The third-order valence-electron chi connectivity index (χ3n) is 4.98. The first-order chi connectivity index (χ1) is 11.8. The molecule has 1 aromatic carbocycles. The Morgan fingerprint density at radius 1 is 1.20 bits per heavy atom. The molecule has 1 atom stereocenters. The maximum Gasteiger partial charge on any atom is 0.337 e. The number of ketones is 1. The van der Waals surface area contributed by atoms with Crippen LogP contribution in [0.4, 0.5) is 4.39 Å². The molecule has 0 spiro atoms. The highest BCUT2D eigenvalue weighted by Gasteiger charge is 2.47. The zero-order valence-electron chi connectivity index (χ0n) is 13.9. The monoisotopic (exact) mass is 361 g/mol. The van der Waals surface area contributed by atoms with Crippen LogP contribution in [-0.4, -0.2) is 18.4 Å². The quantitative estimate of drug-likeness (QED) is 0.776. The molecule has 2 aliphatic heterocycles. The predicted molar refractivity (Wildman–Crippen MR) is 90.3 cm³/mol. The second kappa shape index (κ2) is 5.43. The van der Waals surface area contributed by atoms with Gasteiger partial charge >= 0.3 is 5.97 Å². The molecule has 0 radical (unpaired) electrons. The molecule has 0 bridgehead atoms. The van der Waals surface area contributed by atoms with E-state index in [1.807, 2.05) is 13.8 Å². The third kappa shape index (κ3) is 2.49. The molecule has 0 amide bonds. The predicted octanol–water partition coefficient (Wildman–Crippen LogP) is 3.62. The van der Waals surface area contributed by atoms with Gasteiger partial charge < -0.3 is 10.1 Å². The van der Waals surface area contributed by atoms with Gasteiger partial charge in [0.05, 0.1) is 17.2 Å². The number of carbonyl (C=O) groups is 2. The van der Waals surface area contributed by atoms with Crippen molar-refractivity contribution in [3.63, 3.8) is 0 Å². The maximum atomic E-state index is 14.6. The summed E-state index contributed by atoms with van der Waals surface area (Å²) in [5.74, 6) is -1.97. The zero-order chi connectivity index (χ0) is 17.9. The molecule has 1 unspecified atom stereocenters. The van der Waals surface area contributed by atoms with Crippen molar-refractivity contribution in [1.82, 2.24) is 5.32 Å². The molecule has 1 aromatic rings. The van der Waals surface area contributed by atoms with E-state index >= 15 is 0 Å². The maximum absolute atomic E-state index is 14.6. The SMILES string of the molecule is CC1(C)CC(=O)C2=C(C1)NC1=C(C(=O)OC1)C2c1c(F)cccc1Cl. The number of hydrogen-bond acceptors (Lipinski definition) is 4. The van der Waals surface area contributed by atoms with Gasteiger partial charge in [0.1, 0.15) is 12.4 Å². The Hall–Kier alpha value is -2.14. The summed E-state index contributed by atoms with van der Waals surface area (Å²) in [6.07, 6.45) is 0.982. The van der Waals surface area contributed by atoms with Gasteiger partial charge in [0.25, 0.3) is 0 Å². The Balaban J connectivity index is 1.96. The second-order valence-electron chi connectivity index (χ2n) is 7.49. The molecule has 6 heteroatoms. The molecule has 130 valence electrons. The molecule has 25 heavy (non-hydrogen) atoms. The Morgan fingerprint density at radius 2 is 1.96 bits per heavy atom. The third-order valence-corrected chi connectivity index (χ3v) is 5.31. The first-order valence-electron chi connectivity index (χ1n) is 8.16. The minimum atomic E-state index is -0.821. The summed E-state index contributed by atoms with van der Waals surface area (Å²) in [4.78, 5) is 25.2. The highest BCUT2D eigenvalue weighted by Crippen LogP contribution is 2.49. The van der Waals surface area contributed by atoms with Gasteiger partial charge in [0.2, 0.25) is 0 Å². The lowest BCUT2D eigenvalue weighted by Gasteiger charge is -2.38. The summed E-state index contributed by atoms with van der Waals surface area (Å²) < 4.78 is 19.8. The van der Waals surface area contributed by atoms with Gasteiger partial charge in [-0.15, -0.1) is 0 Å². The minimum Gasteiger partial charge on any atom is -0.456 e. The fourth-order valence-corrected chi connectivity index (χ4v) is 4.27. The van der Waals surface area contributed by atoms with Crippen molar-refractivity contribution in [2.45, 2.75) is 32.6 Å². The lowest BCUT2D eigenvalue weighted by molar-refractivity contribution is -0.136. The Labute approximate surface area is 149 Å². The molecule has 4 nitrogen and oxygen atoms in total. The molecule has 0 aromatic heterocycles. The van der Waals surface area contributed by atoms with Crippen LogP contribution in [0.5, 0.6) is 0 Å². The zero-order valence-corrected chi connectivity index (χ0v) is 14.7. The fourth-order valence-electron chi connectivity index (χ4n) is 3.99. The number of cyclic esters (lactones) is 1. The number of ether oxygens (including phenoxy) is 1. The summed E-state index contributed by atoms with van der Waals surface area (Å²) in [6, 6.07) is 4.37. The van der Waals surface area contributed by atoms with E-state index in [1.54, 1.807) is 6.07 Å². The number of allylic oxidation sites excluding steroid dienone is 2. The average molecular weight is 362 g/mol. The molecule has 1 N–H and O–H groups in total. The second-order valence-corrected chi connectivity index (χ2v) is 7.90. The van der Waals surface area contributed by atoms with E-state index < -0.39 is 17.7 Å². The van der Waals surface area contributed by atoms with Crippen LogP contribution in [0.3, 0.4) is 0 Å². The highest BCUT2D eigenvalue weighted by molar-refractivity contribution is 6.31. The number of carbonyl (C=O) groups excluding carboxylic acids is 2. The number of hydrogen-bond donors (Lipinski definition) is 1. The van der Waals surface area contributed by atoms with E-state index in [1.165, 1.54) is 12.1 Å². The van der Waals surface area contributed by atoms with Crippen molar-refractivity contribution in [3.05, 3.63) is 57.1 Å². The normalized spacial score (nSPS) is 24.7. The van der Waals surface area contributed by atoms with Crippen LogP contribution in [-0.2, 0) is 14.3 Å². The van der Waals surface area contributed by atoms with Crippen LogP contribution in [0, 0.1) is 11.2 Å². The van der Waals surface area contributed by atoms with Crippen molar-refractivity contribution in [1.29, 1.82) is 0 Å². The number of halogens is 2. The molecule has 0 fully saturated rings. The number of esters is 1. The summed E-state index contributed by atoms with van der Waals surface area (Å²) in [6.45, 7) is 4.13. The van der Waals surface area contributed by atoms with E-state index in [9.17, 15) is 14.0 Å². The van der Waals surface area contributed by atoms with Gasteiger partial charge in [-0.1, -0.05) is 31.5 Å². The topological polar surface area (TPSA) is 55.4 Å². The van der Waals surface area contributed by atoms with Crippen LogP contribution >= 0.6 is 11.6 Å². The molecule has 0 saturated carbocycles. The van der Waals surface area contributed by atoms with Gasteiger partial charge in [0, 0.05) is 28.3 Å². The number of rotatable bonds is 1. The van der Waals surface area contributed by atoms with Crippen LogP contribution in [0.15, 0.2) is 40.7 Å². The number of Topliss-reactive ketones (excluding diaryl/α,β-unsaturated/α-hetero) is 1. The van der Waals surface area contributed by atoms with Crippen molar-refractivity contribution >= 4 is 23.4 Å². The van der Waals surface area contributed by atoms with Crippen LogP contribution < -0.4 is 5.32 Å². The van der Waals surface area contributed by atoms with E-state index in [2.05, 4.69) is 5.32 Å². The minimum absolute atomic E-state index is 0.0886. The van der Waals surface area contributed by atoms with Gasteiger partial charge in [-0.2, -0.15) is 0 Å². The standard InChI is InChI=1S/C19H17ClFNO3/c1-19(2)6-11-15(13(23)7-19)17(14-9(20)4-3-5-10(14)21)16-12(22-11)8-25-18(16)24/h3-5,17,22H,6-8H2,1-2H3. The van der Waals surface area contributed by atoms with Crippen molar-refractivity contribution in [3.8, 4) is 0 Å². The van der Waals surface area contributed by atoms with Gasteiger partial charge in [-0.3, -0.25) is 4.79 Å². The molecule has 2 heterocycles. The van der Waals surface area contributed by atoms with E-state index in [0.717, 1.165) is 5.70 Å². The van der Waals surface area contributed by atoms with E-state index in [0.29, 0.717) is 29.7 Å². The summed E-state index contributed by atoms with van der Waals surface area (Å²) in [5.41, 5.74) is 2.02. The smallest absolute Gasteiger partial charge is 0.337 e. The first kappa shape index (κ1) is 16.3. The van der Waals surface area contributed by atoms with Crippen molar-refractivity contribution < 1.29 is 18.7 Å². The molecular weight excluding hydrogens is 345 g/mol.